The Morgan fingerprint density at radius 3 is 2.37 bits per heavy atom. The fourth-order valence-corrected chi connectivity index (χ4v) is 4.33. The quantitative estimate of drug-likeness (QED) is 0.358. The number of nitrogens with one attached hydrogen (secondary N) is 2. The first kappa shape index (κ1) is 22.7. The third kappa shape index (κ3) is 7.40. The first-order valence-corrected chi connectivity index (χ1v) is 11.7. The Morgan fingerprint density at radius 2 is 1.70 bits per heavy atom. The normalized spacial score (nSPS) is 21.6. The Bertz CT molecular complexity index is 615. The Kier molecular flexibility index (Phi) is 9.63. The van der Waals surface area contributed by atoms with E-state index in [9.17, 15) is 0 Å². The van der Waals surface area contributed by atoms with Gasteiger partial charge in [-0.25, -0.2) is 9.97 Å². The highest BCUT2D eigenvalue weighted by molar-refractivity contribution is 5.79. The van der Waals surface area contributed by atoms with Crippen molar-refractivity contribution in [3.63, 3.8) is 0 Å². The summed E-state index contributed by atoms with van der Waals surface area (Å²) in [6.07, 6.45) is 10.0. The molecule has 2 saturated heterocycles. The molecule has 1 unspecified atom stereocenters. The molecule has 168 valence electrons. The fraction of sp³-hybridized carbons (Fsp3) is 0.773. The largest absolute Gasteiger partial charge is 0.356 e. The molecule has 0 aliphatic carbocycles. The lowest BCUT2D eigenvalue weighted by Gasteiger charge is -2.34. The van der Waals surface area contributed by atoms with Gasteiger partial charge in [0.2, 0.25) is 5.95 Å². The van der Waals surface area contributed by atoms with Crippen molar-refractivity contribution in [3.8, 4) is 0 Å². The number of piperazine rings is 1. The van der Waals surface area contributed by atoms with E-state index in [1.807, 2.05) is 25.5 Å². The second-order valence-electron chi connectivity index (χ2n) is 8.39. The number of hydrogen-bond acceptors (Lipinski definition) is 6. The van der Waals surface area contributed by atoms with Crippen LogP contribution in [0.2, 0.25) is 0 Å². The average Bonchev–Trinajstić information content (AvgIpc) is 2.80. The molecule has 8 nitrogen and oxygen atoms in total. The molecule has 0 bridgehead atoms. The maximum Gasteiger partial charge on any atom is 0.225 e. The summed E-state index contributed by atoms with van der Waals surface area (Å²) in [6.45, 7) is 12.0. The molecule has 1 aromatic rings. The second-order valence-corrected chi connectivity index (χ2v) is 8.39. The van der Waals surface area contributed by atoms with Gasteiger partial charge < -0.3 is 20.4 Å². The maximum absolute atomic E-state index is 4.36. The number of aromatic nitrogens is 2. The summed E-state index contributed by atoms with van der Waals surface area (Å²) in [5.74, 6) is 1.77. The van der Waals surface area contributed by atoms with Gasteiger partial charge in [0.1, 0.15) is 0 Å². The summed E-state index contributed by atoms with van der Waals surface area (Å²) in [7, 11) is 1.85. The van der Waals surface area contributed by atoms with Gasteiger partial charge in [-0.2, -0.15) is 0 Å². The van der Waals surface area contributed by atoms with Gasteiger partial charge in [-0.05, 0) is 51.8 Å². The minimum Gasteiger partial charge on any atom is -0.356 e. The number of guanidine groups is 1. The molecular formula is C22H40N8. The summed E-state index contributed by atoms with van der Waals surface area (Å²) in [4.78, 5) is 20.5. The van der Waals surface area contributed by atoms with Gasteiger partial charge >= 0.3 is 0 Å². The molecule has 2 aliphatic rings. The summed E-state index contributed by atoms with van der Waals surface area (Å²) < 4.78 is 0. The van der Waals surface area contributed by atoms with Crippen LogP contribution in [0.3, 0.4) is 0 Å². The van der Waals surface area contributed by atoms with Crippen LogP contribution in [0.4, 0.5) is 5.95 Å². The highest BCUT2D eigenvalue weighted by Gasteiger charge is 2.18. The van der Waals surface area contributed by atoms with Crippen LogP contribution in [-0.2, 0) is 0 Å². The van der Waals surface area contributed by atoms with E-state index in [4.69, 9.17) is 0 Å². The first-order valence-electron chi connectivity index (χ1n) is 11.7. The van der Waals surface area contributed by atoms with Crippen molar-refractivity contribution in [1.29, 1.82) is 0 Å². The third-order valence-electron chi connectivity index (χ3n) is 6.23. The minimum absolute atomic E-state index is 0.748. The van der Waals surface area contributed by atoms with E-state index in [1.165, 1.54) is 38.8 Å². The van der Waals surface area contributed by atoms with Crippen LogP contribution < -0.4 is 15.5 Å². The Labute approximate surface area is 182 Å². The first-order chi connectivity index (χ1) is 14.8. The highest BCUT2D eigenvalue weighted by atomic mass is 15.3. The average molecular weight is 417 g/mol. The number of likely N-dealkylation sites (tertiary alicyclic amines) is 1. The number of anilines is 1. The lowest BCUT2D eigenvalue weighted by atomic mass is 10.0. The van der Waals surface area contributed by atoms with Gasteiger partial charge in [-0.1, -0.05) is 6.42 Å². The van der Waals surface area contributed by atoms with Gasteiger partial charge in [0.25, 0.3) is 0 Å². The lowest BCUT2D eigenvalue weighted by Crippen LogP contribution is -2.47. The lowest BCUT2D eigenvalue weighted by molar-refractivity contribution is 0.159. The number of piperidine rings is 1. The van der Waals surface area contributed by atoms with Crippen molar-refractivity contribution in [2.45, 2.75) is 45.1 Å². The zero-order chi connectivity index (χ0) is 21.0. The molecule has 2 N–H and O–H groups in total. The van der Waals surface area contributed by atoms with Gasteiger partial charge in [-0.15, -0.1) is 0 Å². The molecule has 30 heavy (non-hydrogen) atoms. The number of hydrogen-bond donors (Lipinski definition) is 2. The summed E-state index contributed by atoms with van der Waals surface area (Å²) in [5, 5.41) is 6.92. The van der Waals surface area contributed by atoms with E-state index in [0.29, 0.717) is 0 Å². The summed E-state index contributed by atoms with van der Waals surface area (Å²) >= 11 is 0. The monoisotopic (exact) mass is 416 g/mol. The Balaban J connectivity index is 1.22. The van der Waals surface area contributed by atoms with E-state index < -0.39 is 0 Å². The fourth-order valence-electron chi connectivity index (χ4n) is 4.33. The van der Waals surface area contributed by atoms with Crippen LogP contribution in [0, 0.1) is 0 Å². The molecule has 0 amide bonds. The van der Waals surface area contributed by atoms with Gasteiger partial charge in [0, 0.05) is 71.3 Å². The SMILES string of the molecule is CN=C(NCCCN1CCN(c2ncccn2)CC1)NCCCN1CCCCC1C. The molecule has 1 atom stereocenters. The van der Waals surface area contributed by atoms with Crippen molar-refractivity contribution in [2.75, 3.05) is 70.9 Å². The molecule has 0 radical (unpaired) electrons. The molecule has 0 saturated carbocycles. The van der Waals surface area contributed by atoms with Gasteiger partial charge in [0.15, 0.2) is 5.96 Å². The van der Waals surface area contributed by atoms with Crippen molar-refractivity contribution in [3.05, 3.63) is 18.5 Å². The molecule has 0 spiro atoms. The predicted octanol–water partition coefficient (Wildman–Crippen LogP) is 1.42. The summed E-state index contributed by atoms with van der Waals surface area (Å²) in [6, 6.07) is 2.61. The highest BCUT2D eigenvalue weighted by Crippen LogP contribution is 2.16. The van der Waals surface area contributed by atoms with E-state index in [2.05, 4.69) is 47.2 Å². The van der Waals surface area contributed by atoms with Crippen molar-refractivity contribution < 1.29 is 0 Å². The molecule has 2 fully saturated rings. The van der Waals surface area contributed by atoms with Crippen molar-refractivity contribution in [1.82, 2.24) is 30.4 Å². The van der Waals surface area contributed by atoms with Crippen LogP contribution in [0.5, 0.6) is 0 Å². The van der Waals surface area contributed by atoms with Crippen LogP contribution in [0.1, 0.15) is 39.0 Å². The van der Waals surface area contributed by atoms with E-state index in [1.54, 1.807) is 0 Å². The molecule has 3 heterocycles. The number of nitrogens with zero attached hydrogens (tertiary/aromatic N) is 6. The Morgan fingerprint density at radius 1 is 1.00 bits per heavy atom. The molecule has 3 rings (SSSR count). The molecule has 0 aromatic carbocycles. The number of rotatable bonds is 9. The van der Waals surface area contributed by atoms with Gasteiger partial charge in [0.05, 0.1) is 0 Å². The zero-order valence-corrected chi connectivity index (χ0v) is 18.9. The molecule has 2 aliphatic heterocycles. The molecular weight excluding hydrogens is 376 g/mol. The minimum atomic E-state index is 0.748. The van der Waals surface area contributed by atoms with Crippen LogP contribution in [0.15, 0.2) is 23.5 Å². The van der Waals surface area contributed by atoms with E-state index in [-0.39, 0.29) is 0 Å². The topological polar surface area (TPSA) is 71.9 Å². The predicted molar refractivity (Wildman–Crippen MR) is 124 cm³/mol. The van der Waals surface area contributed by atoms with Crippen molar-refractivity contribution >= 4 is 11.9 Å². The standard InChI is InChI=1S/C22H40N8/c1-20-8-3-4-14-29(20)15-7-12-25-21(23-2)24-11-6-13-28-16-18-30(19-17-28)22-26-9-5-10-27-22/h5,9-10,20H,3-4,6-8,11-19H2,1-2H3,(H2,23,24,25). The summed E-state index contributed by atoms with van der Waals surface area (Å²) in [5.41, 5.74) is 0. The van der Waals surface area contributed by atoms with Crippen molar-refractivity contribution in [2.24, 2.45) is 4.99 Å². The second kappa shape index (κ2) is 12.7. The third-order valence-corrected chi connectivity index (χ3v) is 6.23. The van der Waals surface area contributed by atoms with E-state index >= 15 is 0 Å². The van der Waals surface area contributed by atoms with E-state index in [0.717, 1.165) is 70.2 Å². The Hall–Kier alpha value is -1.93. The maximum atomic E-state index is 4.36. The molecule has 8 heteroatoms. The smallest absolute Gasteiger partial charge is 0.225 e. The zero-order valence-electron chi connectivity index (χ0n) is 18.9. The molecule has 1 aromatic heterocycles. The van der Waals surface area contributed by atoms with Gasteiger partial charge in [-0.3, -0.25) is 9.89 Å². The number of aliphatic imine (C=N–C) groups is 1. The van der Waals surface area contributed by atoms with Crippen LogP contribution >= 0.6 is 0 Å². The van der Waals surface area contributed by atoms with Crippen LogP contribution in [-0.4, -0.2) is 97.7 Å². The van der Waals surface area contributed by atoms with Crippen LogP contribution in [0.25, 0.3) is 0 Å².